The quantitative estimate of drug-likeness (QED) is 0.869. The van der Waals surface area contributed by atoms with Gasteiger partial charge in [-0.15, -0.1) is 0 Å². The van der Waals surface area contributed by atoms with E-state index >= 15 is 0 Å². The van der Waals surface area contributed by atoms with Crippen LogP contribution in [0.25, 0.3) is 0 Å². The van der Waals surface area contributed by atoms with E-state index in [0.717, 1.165) is 30.2 Å². The maximum Gasteiger partial charge on any atom is 0.239 e. The van der Waals surface area contributed by atoms with Crippen LogP contribution in [0.1, 0.15) is 26.7 Å². The van der Waals surface area contributed by atoms with Crippen LogP contribution in [0, 0.1) is 5.92 Å². The van der Waals surface area contributed by atoms with Gasteiger partial charge in [0.05, 0.1) is 12.3 Å². The fourth-order valence-corrected chi connectivity index (χ4v) is 3.34. The van der Waals surface area contributed by atoms with Crippen molar-refractivity contribution in [1.29, 1.82) is 0 Å². The van der Waals surface area contributed by atoms with E-state index in [-0.39, 0.29) is 0 Å². The summed E-state index contributed by atoms with van der Waals surface area (Å²) in [6.07, 6.45) is 1.84. The van der Waals surface area contributed by atoms with Crippen molar-refractivity contribution in [1.82, 2.24) is 4.98 Å². The zero-order valence-corrected chi connectivity index (χ0v) is 12.9. The number of hydrogen-bond donors (Lipinski definition) is 2. The highest BCUT2D eigenvalue weighted by Crippen LogP contribution is 2.23. The highest BCUT2D eigenvalue weighted by molar-refractivity contribution is 7.85. The summed E-state index contributed by atoms with van der Waals surface area (Å²) in [5, 5.41) is 3.38. The minimum Gasteiger partial charge on any atom is -0.476 e. The molecule has 0 bridgehead atoms. The van der Waals surface area contributed by atoms with Gasteiger partial charge in [0.15, 0.2) is 0 Å². The van der Waals surface area contributed by atoms with Gasteiger partial charge in [-0.25, -0.2) is 0 Å². The Bertz CT molecular complexity index is 469. The first kappa shape index (κ1) is 15.1. The van der Waals surface area contributed by atoms with Crippen molar-refractivity contribution in [2.24, 2.45) is 5.92 Å². The summed E-state index contributed by atoms with van der Waals surface area (Å²) in [5.74, 6) is 3.23. The molecule has 112 valence electrons. The Hall–Kier alpha value is -1.30. The molecular weight excluding hydrogens is 274 g/mol. The van der Waals surface area contributed by atoms with Gasteiger partial charge in [-0.3, -0.25) is 4.21 Å². The van der Waals surface area contributed by atoms with Crippen LogP contribution in [0.2, 0.25) is 0 Å². The number of nitrogens with two attached hydrogens (primary N) is 1. The molecule has 0 atom stereocenters. The number of nitrogen functional groups attached to an aromatic ring is 1. The van der Waals surface area contributed by atoms with Crippen LogP contribution >= 0.6 is 0 Å². The molecule has 0 aromatic carbocycles. The summed E-state index contributed by atoms with van der Waals surface area (Å²) in [6.45, 7) is 4.77. The molecule has 1 saturated heterocycles. The molecule has 20 heavy (non-hydrogen) atoms. The molecule has 3 N–H and O–H groups in total. The van der Waals surface area contributed by atoms with E-state index in [1.54, 1.807) is 0 Å². The lowest BCUT2D eigenvalue weighted by molar-refractivity contribution is 0.263. The molecule has 1 aliphatic rings. The predicted molar refractivity (Wildman–Crippen MR) is 83.5 cm³/mol. The van der Waals surface area contributed by atoms with Crippen molar-refractivity contribution in [3.8, 4) is 5.88 Å². The molecule has 5 nitrogen and oxygen atoms in total. The molecule has 0 saturated carbocycles. The van der Waals surface area contributed by atoms with Crippen molar-refractivity contribution in [3.05, 3.63) is 12.1 Å². The molecular formula is C14H23N3O2S. The SMILES string of the molecule is CC(C)COc1nc(NC2CCS(=O)CC2)ccc1N. The zero-order valence-electron chi connectivity index (χ0n) is 12.1. The maximum atomic E-state index is 11.3. The number of hydrogen-bond acceptors (Lipinski definition) is 5. The number of ether oxygens (including phenoxy) is 1. The first-order valence-electron chi connectivity index (χ1n) is 7.05. The second-order valence-corrected chi connectivity index (χ2v) is 7.26. The second kappa shape index (κ2) is 6.92. The maximum absolute atomic E-state index is 11.3. The van der Waals surface area contributed by atoms with Crippen LogP contribution in [-0.2, 0) is 10.8 Å². The van der Waals surface area contributed by atoms with Gasteiger partial charge in [-0.05, 0) is 30.9 Å². The molecule has 1 aliphatic heterocycles. The Labute approximate surface area is 122 Å². The second-order valence-electron chi connectivity index (χ2n) is 5.56. The number of pyridine rings is 1. The number of anilines is 2. The Balaban J connectivity index is 1.97. The van der Waals surface area contributed by atoms with Gasteiger partial charge in [-0.2, -0.15) is 4.98 Å². The van der Waals surface area contributed by atoms with Crippen molar-refractivity contribution >= 4 is 22.3 Å². The minimum absolute atomic E-state index is 0.335. The van der Waals surface area contributed by atoms with E-state index in [4.69, 9.17) is 10.5 Å². The fourth-order valence-electron chi connectivity index (χ4n) is 2.04. The van der Waals surface area contributed by atoms with Crippen LogP contribution in [0.3, 0.4) is 0 Å². The normalized spacial score (nSPS) is 22.8. The third-order valence-electron chi connectivity index (χ3n) is 3.18. The summed E-state index contributed by atoms with van der Waals surface area (Å²) in [6, 6.07) is 4.01. The van der Waals surface area contributed by atoms with Gasteiger partial charge in [-0.1, -0.05) is 13.8 Å². The van der Waals surface area contributed by atoms with Crippen molar-refractivity contribution < 1.29 is 8.95 Å². The van der Waals surface area contributed by atoms with Gasteiger partial charge in [0.25, 0.3) is 0 Å². The molecule has 6 heteroatoms. The number of nitrogens with one attached hydrogen (secondary N) is 1. The molecule has 0 spiro atoms. The Kier molecular flexibility index (Phi) is 5.23. The number of rotatable bonds is 5. The van der Waals surface area contributed by atoms with E-state index in [0.29, 0.717) is 30.1 Å². The molecule has 1 fully saturated rings. The average molecular weight is 297 g/mol. The third-order valence-corrected chi connectivity index (χ3v) is 4.57. The van der Waals surface area contributed by atoms with E-state index in [1.165, 1.54) is 0 Å². The summed E-state index contributed by atoms with van der Waals surface area (Å²) < 4.78 is 17.0. The smallest absolute Gasteiger partial charge is 0.239 e. The molecule has 0 radical (unpaired) electrons. The molecule has 0 amide bonds. The van der Waals surface area contributed by atoms with Crippen molar-refractivity contribution in [2.75, 3.05) is 29.2 Å². The first-order chi connectivity index (χ1) is 9.54. The van der Waals surface area contributed by atoms with Crippen LogP contribution < -0.4 is 15.8 Å². The van der Waals surface area contributed by atoms with Gasteiger partial charge in [0.2, 0.25) is 5.88 Å². The van der Waals surface area contributed by atoms with Crippen molar-refractivity contribution in [2.45, 2.75) is 32.7 Å². The van der Waals surface area contributed by atoms with Gasteiger partial charge in [0, 0.05) is 28.3 Å². The predicted octanol–water partition coefficient (Wildman–Crippen LogP) is 2.02. The van der Waals surface area contributed by atoms with E-state index < -0.39 is 10.8 Å². The largest absolute Gasteiger partial charge is 0.476 e. The van der Waals surface area contributed by atoms with E-state index in [1.807, 2.05) is 12.1 Å². The lowest BCUT2D eigenvalue weighted by Gasteiger charge is -2.23. The molecule has 1 aromatic rings. The van der Waals surface area contributed by atoms with Crippen LogP contribution in [0.5, 0.6) is 5.88 Å². The van der Waals surface area contributed by atoms with Crippen molar-refractivity contribution in [3.63, 3.8) is 0 Å². The lowest BCUT2D eigenvalue weighted by Crippen LogP contribution is -2.29. The molecule has 2 rings (SSSR count). The third kappa shape index (κ3) is 4.37. The molecule has 0 unspecified atom stereocenters. The summed E-state index contributed by atoms with van der Waals surface area (Å²) in [4.78, 5) is 4.42. The Morgan fingerprint density at radius 2 is 2.15 bits per heavy atom. The zero-order chi connectivity index (χ0) is 14.5. The van der Waals surface area contributed by atoms with Crippen LogP contribution in [0.4, 0.5) is 11.5 Å². The topological polar surface area (TPSA) is 77.2 Å². The highest BCUT2D eigenvalue weighted by Gasteiger charge is 2.18. The van der Waals surface area contributed by atoms with E-state index in [9.17, 15) is 4.21 Å². The summed E-state index contributed by atoms with van der Waals surface area (Å²) >= 11 is 0. The first-order valence-corrected chi connectivity index (χ1v) is 8.54. The molecule has 2 heterocycles. The van der Waals surface area contributed by atoms with Crippen LogP contribution in [0.15, 0.2) is 12.1 Å². The Morgan fingerprint density at radius 1 is 1.45 bits per heavy atom. The van der Waals surface area contributed by atoms with Gasteiger partial charge >= 0.3 is 0 Å². The van der Waals surface area contributed by atoms with Gasteiger partial charge in [0.1, 0.15) is 5.82 Å². The summed E-state index contributed by atoms with van der Waals surface area (Å²) in [7, 11) is -0.640. The fraction of sp³-hybridized carbons (Fsp3) is 0.643. The lowest BCUT2D eigenvalue weighted by atomic mass is 10.1. The standard InChI is InChI=1S/C14H23N3O2S/c1-10(2)9-19-14-12(15)3-4-13(17-14)16-11-5-7-20(18)8-6-11/h3-4,10-11H,5-9,15H2,1-2H3,(H,16,17). The minimum atomic E-state index is -0.640. The average Bonchev–Trinajstić information content (AvgIpc) is 2.42. The summed E-state index contributed by atoms with van der Waals surface area (Å²) in [5.41, 5.74) is 6.43. The Morgan fingerprint density at radius 3 is 2.80 bits per heavy atom. The molecule has 0 aliphatic carbocycles. The van der Waals surface area contributed by atoms with Gasteiger partial charge < -0.3 is 15.8 Å². The number of nitrogens with zero attached hydrogens (tertiary/aromatic N) is 1. The monoisotopic (exact) mass is 297 g/mol. The highest BCUT2D eigenvalue weighted by atomic mass is 32.2. The van der Waals surface area contributed by atoms with E-state index in [2.05, 4.69) is 24.1 Å². The molecule has 1 aromatic heterocycles. The van der Waals surface area contributed by atoms with Crippen LogP contribution in [-0.4, -0.2) is 33.3 Å². The number of aromatic nitrogens is 1.